The maximum atomic E-state index is 4.45. The molecule has 3 heterocycles. The maximum Gasteiger partial charge on any atom is 0.225 e. The lowest BCUT2D eigenvalue weighted by Gasteiger charge is -2.34. The molecule has 4 rings (SSSR count). The van der Waals surface area contributed by atoms with Crippen molar-refractivity contribution in [3.05, 3.63) is 54.4 Å². The highest BCUT2D eigenvalue weighted by Gasteiger charge is 2.23. The second-order valence-electron chi connectivity index (χ2n) is 8.43. The summed E-state index contributed by atoms with van der Waals surface area (Å²) in [4.78, 5) is 20.5. The monoisotopic (exact) mass is 436 g/mol. The fourth-order valence-corrected chi connectivity index (χ4v) is 4.56. The number of benzene rings is 1. The summed E-state index contributed by atoms with van der Waals surface area (Å²) >= 11 is 0. The molecule has 0 bridgehead atoms. The van der Waals surface area contributed by atoms with Crippen molar-refractivity contribution in [1.82, 2.24) is 30.4 Å². The van der Waals surface area contributed by atoms with Crippen LogP contribution in [0.4, 0.5) is 5.95 Å². The number of hydrogen-bond acceptors (Lipinski definition) is 6. The van der Waals surface area contributed by atoms with E-state index < -0.39 is 0 Å². The normalized spacial score (nSPS) is 19.2. The lowest BCUT2D eigenvalue weighted by molar-refractivity contribution is 0.245. The predicted molar refractivity (Wildman–Crippen MR) is 130 cm³/mol. The third kappa shape index (κ3) is 6.17. The van der Waals surface area contributed by atoms with Gasteiger partial charge in [0, 0.05) is 65.3 Å². The van der Waals surface area contributed by atoms with Crippen molar-refractivity contribution in [3.8, 4) is 0 Å². The summed E-state index contributed by atoms with van der Waals surface area (Å²) in [6.07, 6.45) is 6.20. The van der Waals surface area contributed by atoms with Crippen LogP contribution in [0.1, 0.15) is 24.4 Å². The molecule has 0 radical (unpaired) electrons. The first-order chi connectivity index (χ1) is 15.8. The number of nitrogens with zero attached hydrogens (tertiary/aromatic N) is 6. The van der Waals surface area contributed by atoms with Gasteiger partial charge in [0.15, 0.2) is 5.96 Å². The van der Waals surface area contributed by atoms with E-state index in [9.17, 15) is 0 Å². The molecule has 8 nitrogen and oxygen atoms in total. The molecule has 0 saturated carbocycles. The number of hydrogen-bond donors (Lipinski definition) is 2. The van der Waals surface area contributed by atoms with Gasteiger partial charge in [0.25, 0.3) is 0 Å². The number of aromatic nitrogens is 2. The Hall–Kier alpha value is -2.71. The summed E-state index contributed by atoms with van der Waals surface area (Å²) in [5.41, 5.74) is 1.37. The van der Waals surface area contributed by atoms with Crippen LogP contribution in [-0.4, -0.2) is 91.7 Å². The van der Waals surface area contributed by atoms with Crippen molar-refractivity contribution in [1.29, 1.82) is 0 Å². The number of guanidine groups is 1. The molecule has 172 valence electrons. The fraction of sp³-hybridized carbons (Fsp3) is 0.542. The highest BCUT2D eigenvalue weighted by molar-refractivity contribution is 5.79. The van der Waals surface area contributed by atoms with Crippen molar-refractivity contribution in [2.24, 2.45) is 4.99 Å². The predicted octanol–water partition coefficient (Wildman–Crippen LogP) is 1.60. The zero-order valence-corrected chi connectivity index (χ0v) is 19.2. The summed E-state index contributed by atoms with van der Waals surface area (Å²) in [5, 5.41) is 7.06. The van der Waals surface area contributed by atoms with E-state index in [1.54, 1.807) is 0 Å². The van der Waals surface area contributed by atoms with Crippen LogP contribution in [0.3, 0.4) is 0 Å². The van der Waals surface area contributed by atoms with Crippen LogP contribution < -0.4 is 15.5 Å². The number of likely N-dealkylation sites (tertiary alicyclic amines) is 1. The van der Waals surface area contributed by atoms with Crippen LogP contribution in [-0.2, 0) is 0 Å². The second-order valence-corrected chi connectivity index (χ2v) is 8.43. The lowest BCUT2D eigenvalue weighted by Crippen LogP contribution is -2.50. The van der Waals surface area contributed by atoms with E-state index in [1.807, 2.05) is 25.5 Å². The third-order valence-corrected chi connectivity index (χ3v) is 6.38. The molecule has 32 heavy (non-hydrogen) atoms. The van der Waals surface area contributed by atoms with Crippen LogP contribution in [0.15, 0.2) is 53.8 Å². The van der Waals surface area contributed by atoms with Gasteiger partial charge in [0.2, 0.25) is 5.95 Å². The Morgan fingerprint density at radius 1 is 0.938 bits per heavy atom. The SMILES string of the molecule is CN=C(NCCN1CCN(c2ncccn2)CC1)NCC(c1ccccc1)N1CCCC1. The Balaban J connectivity index is 1.20. The Bertz CT molecular complexity index is 814. The van der Waals surface area contributed by atoms with Crippen LogP contribution in [0.5, 0.6) is 0 Å². The maximum absolute atomic E-state index is 4.45. The summed E-state index contributed by atoms with van der Waals surface area (Å²) in [6.45, 7) is 9.06. The van der Waals surface area contributed by atoms with Crippen LogP contribution >= 0.6 is 0 Å². The summed E-state index contributed by atoms with van der Waals surface area (Å²) < 4.78 is 0. The molecule has 1 unspecified atom stereocenters. The van der Waals surface area contributed by atoms with Gasteiger partial charge in [-0.25, -0.2) is 9.97 Å². The van der Waals surface area contributed by atoms with E-state index in [0.29, 0.717) is 6.04 Å². The zero-order valence-electron chi connectivity index (χ0n) is 19.2. The summed E-state index contributed by atoms with van der Waals surface area (Å²) in [5.74, 6) is 1.71. The molecule has 1 aromatic heterocycles. The second kappa shape index (κ2) is 11.8. The Kier molecular flexibility index (Phi) is 8.28. The molecule has 2 aliphatic rings. The zero-order chi connectivity index (χ0) is 22.0. The molecule has 2 aliphatic heterocycles. The fourth-order valence-electron chi connectivity index (χ4n) is 4.56. The van der Waals surface area contributed by atoms with E-state index in [1.165, 1.54) is 31.5 Å². The first-order valence-electron chi connectivity index (χ1n) is 11.8. The largest absolute Gasteiger partial charge is 0.355 e. The van der Waals surface area contributed by atoms with Gasteiger partial charge in [0.05, 0.1) is 6.04 Å². The van der Waals surface area contributed by atoms with E-state index >= 15 is 0 Å². The number of piperazine rings is 1. The van der Waals surface area contributed by atoms with E-state index in [2.05, 4.69) is 70.6 Å². The van der Waals surface area contributed by atoms with Gasteiger partial charge in [-0.05, 0) is 37.6 Å². The standard InChI is InChI=1S/C24H36N8/c1-25-23(29-20-22(31-13-5-6-14-31)21-8-3-2-4-9-21)26-12-15-30-16-18-32(19-17-30)24-27-10-7-11-28-24/h2-4,7-11,22H,5-6,12-20H2,1H3,(H2,25,26,29). The van der Waals surface area contributed by atoms with Gasteiger partial charge in [-0.3, -0.25) is 14.8 Å². The molecule has 0 amide bonds. The molecule has 2 fully saturated rings. The minimum absolute atomic E-state index is 0.380. The van der Waals surface area contributed by atoms with Gasteiger partial charge in [0.1, 0.15) is 0 Å². The Morgan fingerprint density at radius 3 is 2.34 bits per heavy atom. The highest BCUT2D eigenvalue weighted by atomic mass is 15.3. The third-order valence-electron chi connectivity index (χ3n) is 6.38. The van der Waals surface area contributed by atoms with E-state index in [-0.39, 0.29) is 0 Å². The number of nitrogens with one attached hydrogen (secondary N) is 2. The number of rotatable bonds is 8. The first-order valence-corrected chi connectivity index (χ1v) is 11.8. The van der Waals surface area contributed by atoms with Crippen molar-refractivity contribution in [2.45, 2.75) is 18.9 Å². The quantitative estimate of drug-likeness (QED) is 0.481. The van der Waals surface area contributed by atoms with Crippen LogP contribution in [0.25, 0.3) is 0 Å². The van der Waals surface area contributed by atoms with Gasteiger partial charge in [-0.2, -0.15) is 0 Å². The van der Waals surface area contributed by atoms with E-state index in [4.69, 9.17) is 0 Å². The molecule has 0 aliphatic carbocycles. The molecule has 2 N–H and O–H groups in total. The summed E-state index contributed by atoms with van der Waals surface area (Å²) in [6, 6.07) is 13.1. The van der Waals surface area contributed by atoms with E-state index in [0.717, 1.165) is 57.7 Å². The molecular weight excluding hydrogens is 400 g/mol. The minimum atomic E-state index is 0.380. The molecule has 1 aromatic carbocycles. The topological polar surface area (TPSA) is 71.9 Å². The van der Waals surface area contributed by atoms with Crippen LogP contribution in [0, 0.1) is 0 Å². The number of anilines is 1. The molecule has 1 atom stereocenters. The average molecular weight is 437 g/mol. The average Bonchev–Trinajstić information content (AvgIpc) is 3.39. The van der Waals surface area contributed by atoms with Crippen molar-refractivity contribution < 1.29 is 0 Å². The highest BCUT2D eigenvalue weighted by Crippen LogP contribution is 2.24. The lowest BCUT2D eigenvalue weighted by atomic mass is 10.1. The molecule has 2 saturated heterocycles. The van der Waals surface area contributed by atoms with Crippen molar-refractivity contribution in [3.63, 3.8) is 0 Å². The summed E-state index contributed by atoms with van der Waals surface area (Å²) in [7, 11) is 1.85. The van der Waals surface area contributed by atoms with Gasteiger partial charge >= 0.3 is 0 Å². The molecule has 2 aromatic rings. The molecule has 8 heteroatoms. The van der Waals surface area contributed by atoms with Crippen molar-refractivity contribution >= 4 is 11.9 Å². The van der Waals surface area contributed by atoms with Gasteiger partial charge < -0.3 is 15.5 Å². The number of aliphatic imine (C=N–C) groups is 1. The Labute approximate surface area is 191 Å². The van der Waals surface area contributed by atoms with Crippen LogP contribution in [0.2, 0.25) is 0 Å². The molecule has 0 spiro atoms. The smallest absolute Gasteiger partial charge is 0.225 e. The minimum Gasteiger partial charge on any atom is -0.355 e. The first kappa shape index (κ1) is 22.5. The van der Waals surface area contributed by atoms with Gasteiger partial charge in [-0.15, -0.1) is 0 Å². The van der Waals surface area contributed by atoms with Gasteiger partial charge in [-0.1, -0.05) is 30.3 Å². The van der Waals surface area contributed by atoms with Crippen molar-refractivity contribution in [2.75, 3.05) is 70.9 Å². The Morgan fingerprint density at radius 2 is 1.66 bits per heavy atom. The molecular formula is C24H36N8.